The van der Waals surface area contributed by atoms with Crippen molar-refractivity contribution in [3.63, 3.8) is 0 Å². The second-order valence-electron chi connectivity index (χ2n) is 4.09. The molecule has 0 fully saturated rings. The van der Waals surface area contributed by atoms with E-state index < -0.39 is 6.36 Å². The lowest BCUT2D eigenvalue weighted by molar-refractivity contribution is -0.274. The van der Waals surface area contributed by atoms with Gasteiger partial charge in [0.1, 0.15) is 5.75 Å². The van der Waals surface area contributed by atoms with Crippen molar-refractivity contribution < 1.29 is 17.9 Å². The average Bonchev–Trinajstić information content (AvgIpc) is 2.22. The Hall–Kier alpha value is -1.49. The van der Waals surface area contributed by atoms with Crippen LogP contribution in [-0.2, 0) is 0 Å². The molecule has 0 saturated carbocycles. The molecule has 0 aliphatic rings. The van der Waals surface area contributed by atoms with Gasteiger partial charge >= 0.3 is 6.36 Å². The average molecular weight is 259 g/mol. The summed E-state index contributed by atoms with van der Waals surface area (Å²) in [6.07, 6.45) is -1.05. The molecule has 0 spiro atoms. The molecule has 0 bridgehead atoms. The number of ether oxygens (including phenoxy) is 1. The number of alkyl halides is 3. The van der Waals surface area contributed by atoms with Crippen LogP contribution >= 0.6 is 0 Å². The summed E-state index contributed by atoms with van der Waals surface area (Å²) in [4.78, 5) is 0. The van der Waals surface area contributed by atoms with Gasteiger partial charge in [0.25, 0.3) is 0 Å². The second kappa shape index (κ2) is 6.44. The molecule has 100 valence electrons. The lowest BCUT2D eigenvalue weighted by Gasteiger charge is -2.09. The van der Waals surface area contributed by atoms with Crippen LogP contribution in [-0.4, -0.2) is 18.9 Å². The zero-order chi connectivity index (χ0) is 13.6. The Bertz CT molecular complexity index is 399. The standard InChI is InChI=1S/C13H16F3NO/c1-10(2)17-8-4-6-11-5-3-7-12(9-11)18-13(14,15)16/h3-7,9-10,17H,8H2,1-2H3/b6-4+. The molecule has 0 aromatic heterocycles. The minimum atomic E-state index is -4.65. The van der Waals surface area contributed by atoms with Gasteiger partial charge < -0.3 is 10.1 Å². The van der Waals surface area contributed by atoms with E-state index in [0.717, 1.165) is 0 Å². The van der Waals surface area contributed by atoms with Gasteiger partial charge in [-0.05, 0) is 17.7 Å². The number of nitrogens with one attached hydrogen (secondary N) is 1. The normalized spacial score (nSPS) is 12.3. The van der Waals surface area contributed by atoms with Gasteiger partial charge in [-0.3, -0.25) is 0 Å². The van der Waals surface area contributed by atoms with Gasteiger partial charge in [0, 0.05) is 12.6 Å². The van der Waals surface area contributed by atoms with Gasteiger partial charge in [-0.1, -0.05) is 38.1 Å². The van der Waals surface area contributed by atoms with Crippen LogP contribution in [0.3, 0.4) is 0 Å². The Morgan fingerprint density at radius 3 is 2.67 bits per heavy atom. The van der Waals surface area contributed by atoms with E-state index in [-0.39, 0.29) is 5.75 Å². The van der Waals surface area contributed by atoms with E-state index in [2.05, 4.69) is 10.1 Å². The van der Waals surface area contributed by atoms with Crippen molar-refractivity contribution in [2.75, 3.05) is 6.54 Å². The Morgan fingerprint density at radius 1 is 1.33 bits per heavy atom. The highest BCUT2D eigenvalue weighted by Crippen LogP contribution is 2.23. The molecule has 0 unspecified atom stereocenters. The van der Waals surface area contributed by atoms with Crippen LogP contribution < -0.4 is 10.1 Å². The summed E-state index contributed by atoms with van der Waals surface area (Å²) in [5, 5.41) is 3.17. The first-order chi connectivity index (χ1) is 8.37. The maximum atomic E-state index is 12.0. The second-order valence-corrected chi connectivity index (χ2v) is 4.09. The van der Waals surface area contributed by atoms with E-state index in [4.69, 9.17) is 0 Å². The highest BCUT2D eigenvalue weighted by atomic mass is 19.4. The zero-order valence-electron chi connectivity index (χ0n) is 10.3. The Balaban J connectivity index is 2.59. The van der Waals surface area contributed by atoms with Crippen LogP contribution in [0.15, 0.2) is 30.3 Å². The van der Waals surface area contributed by atoms with Crippen molar-refractivity contribution in [2.45, 2.75) is 26.3 Å². The quantitative estimate of drug-likeness (QED) is 0.872. The number of halogens is 3. The van der Waals surface area contributed by atoms with E-state index >= 15 is 0 Å². The summed E-state index contributed by atoms with van der Waals surface area (Å²) in [6.45, 7) is 4.71. The maximum Gasteiger partial charge on any atom is 0.573 e. The molecule has 18 heavy (non-hydrogen) atoms. The fourth-order valence-electron chi connectivity index (χ4n) is 1.31. The predicted octanol–water partition coefficient (Wildman–Crippen LogP) is 3.60. The highest BCUT2D eigenvalue weighted by Gasteiger charge is 2.30. The molecule has 2 nitrogen and oxygen atoms in total. The zero-order valence-corrected chi connectivity index (χ0v) is 10.3. The summed E-state index contributed by atoms with van der Waals surface area (Å²) >= 11 is 0. The van der Waals surface area contributed by atoms with Crippen molar-refractivity contribution in [3.8, 4) is 5.75 Å². The van der Waals surface area contributed by atoms with Crippen LogP contribution in [0.25, 0.3) is 6.08 Å². The first-order valence-electron chi connectivity index (χ1n) is 5.62. The van der Waals surface area contributed by atoms with E-state index in [0.29, 0.717) is 18.2 Å². The van der Waals surface area contributed by atoms with Crippen molar-refractivity contribution >= 4 is 6.08 Å². The van der Waals surface area contributed by atoms with Gasteiger partial charge in [-0.25, -0.2) is 0 Å². The largest absolute Gasteiger partial charge is 0.573 e. The van der Waals surface area contributed by atoms with Crippen molar-refractivity contribution in [3.05, 3.63) is 35.9 Å². The third-order valence-electron chi connectivity index (χ3n) is 2.05. The van der Waals surface area contributed by atoms with Gasteiger partial charge in [-0.15, -0.1) is 13.2 Å². The van der Waals surface area contributed by atoms with Gasteiger partial charge in [0.2, 0.25) is 0 Å². The van der Waals surface area contributed by atoms with Crippen molar-refractivity contribution in [1.82, 2.24) is 5.32 Å². The third kappa shape index (κ3) is 6.30. The molecule has 5 heteroatoms. The molecular formula is C13H16F3NO. The minimum Gasteiger partial charge on any atom is -0.406 e. The molecule has 1 rings (SSSR count). The number of hydrogen-bond acceptors (Lipinski definition) is 2. The number of hydrogen-bond donors (Lipinski definition) is 1. The molecule has 1 aromatic carbocycles. The molecule has 0 heterocycles. The van der Waals surface area contributed by atoms with E-state index in [9.17, 15) is 13.2 Å². The Labute approximate surface area is 104 Å². The molecule has 1 N–H and O–H groups in total. The monoisotopic (exact) mass is 259 g/mol. The predicted molar refractivity (Wildman–Crippen MR) is 65.3 cm³/mol. The number of benzene rings is 1. The topological polar surface area (TPSA) is 21.3 Å². The molecule has 0 saturated heterocycles. The van der Waals surface area contributed by atoms with Crippen molar-refractivity contribution in [1.29, 1.82) is 0 Å². The van der Waals surface area contributed by atoms with E-state index in [1.807, 2.05) is 19.9 Å². The molecule has 0 aliphatic heterocycles. The van der Waals surface area contributed by atoms with Crippen LogP contribution in [0.4, 0.5) is 13.2 Å². The molecular weight excluding hydrogens is 243 g/mol. The fourth-order valence-corrected chi connectivity index (χ4v) is 1.31. The first-order valence-corrected chi connectivity index (χ1v) is 5.62. The van der Waals surface area contributed by atoms with Gasteiger partial charge in [0.15, 0.2) is 0 Å². The number of rotatable bonds is 5. The first kappa shape index (κ1) is 14.6. The lowest BCUT2D eigenvalue weighted by Crippen LogP contribution is -2.22. The van der Waals surface area contributed by atoms with Crippen molar-refractivity contribution in [2.24, 2.45) is 0 Å². The highest BCUT2D eigenvalue weighted by molar-refractivity contribution is 5.51. The van der Waals surface area contributed by atoms with E-state index in [1.165, 1.54) is 18.2 Å². The van der Waals surface area contributed by atoms with Gasteiger partial charge in [0.05, 0.1) is 0 Å². The lowest BCUT2D eigenvalue weighted by atomic mass is 10.2. The third-order valence-corrected chi connectivity index (χ3v) is 2.05. The molecule has 0 atom stereocenters. The fraction of sp³-hybridized carbons (Fsp3) is 0.385. The summed E-state index contributed by atoms with van der Waals surface area (Å²) in [6, 6.07) is 6.23. The Morgan fingerprint density at radius 2 is 2.06 bits per heavy atom. The maximum absolute atomic E-state index is 12.0. The molecule has 0 amide bonds. The van der Waals surface area contributed by atoms with Crippen LogP contribution in [0.2, 0.25) is 0 Å². The molecule has 0 aliphatic carbocycles. The summed E-state index contributed by atoms with van der Waals surface area (Å²) < 4.78 is 39.9. The summed E-state index contributed by atoms with van der Waals surface area (Å²) in [7, 11) is 0. The summed E-state index contributed by atoms with van der Waals surface area (Å²) in [5.74, 6) is -0.207. The van der Waals surface area contributed by atoms with Gasteiger partial charge in [-0.2, -0.15) is 0 Å². The molecule has 1 aromatic rings. The van der Waals surface area contributed by atoms with Crippen LogP contribution in [0.1, 0.15) is 19.4 Å². The van der Waals surface area contributed by atoms with Crippen LogP contribution in [0.5, 0.6) is 5.75 Å². The minimum absolute atomic E-state index is 0.207. The van der Waals surface area contributed by atoms with E-state index in [1.54, 1.807) is 12.1 Å². The van der Waals surface area contributed by atoms with Crippen LogP contribution in [0, 0.1) is 0 Å². The SMILES string of the molecule is CC(C)NC/C=C/c1cccc(OC(F)(F)F)c1. The smallest absolute Gasteiger partial charge is 0.406 e. The summed E-state index contributed by atoms with van der Waals surface area (Å²) in [5.41, 5.74) is 0.669. The Kier molecular flexibility index (Phi) is 5.22. The molecule has 0 radical (unpaired) electrons.